The molecular weight excluding hydrogens is 184 g/mol. The number of aromatic nitrogens is 1. The van der Waals surface area contributed by atoms with Crippen LogP contribution in [0.5, 0.6) is 0 Å². The summed E-state index contributed by atoms with van der Waals surface area (Å²) in [6, 6.07) is 3.39. The van der Waals surface area contributed by atoms with Gasteiger partial charge in [0.2, 0.25) is 0 Å². The zero-order valence-corrected chi connectivity index (χ0v) is 7.62. The number of carboxylic acid groups (broad SMARTS) is 1. The fraction of sp³-hybridized carbons (Fsp3) is 0.333. The second kappa shape index (κ2) is 5.06. The van der Waals surface area contributed by atoms with E-state index in [1.807, 2.05) is 0 Å². The van der Waals surface area contributed by atoms with Crippen LogP contribution < -0.4 is 5.32 Å². The number of rotatable bonds is 5. The van der Waals surface area contributed by atoms with Crippen LogP contribution in [0.15, 0.2) is 18.3 Å². The van der Waals surface area contributed by atoms with Gasteiger partial charge in [-0.3, -0.25) is 9.59 Å². The van der Waals surface area contributed by atoms with Crippen LogP contribution in [0.2, 0.25) is 0 Å². The zero-order chi connectivity index (χ0) is 10.4. The molecule has 1 aromatic rings. The number of hydrogen-bond acceptors (Lipinski definition) is 2. The van der Waals surface area contributed by atoms with Gasteiger partial charge in [0, 0.05) is 19.2 Å². The van der Waals surface area contributed by atoms with E-state index in [1.54, 1.807) is 18.3 Å². The van der Waals surface area contributed by atoms with Crippen LogP contribution >= 0.6 is 0 Å². The predicted octanol–water partition coefficient (Wildman–Crippen LogP) is 0.609. The summed E-state index contributed by atoms with van der Waals surface area (Å²) >= 11 is 0. The molecule has 0 saturated carbocycles. The van der Waals surface area contributed by atoms with E-state index in [1.165, 1.54) is 0 Å². The molecule has 0 unspecified atom stereocenters. The normalized spacial score (nSPS) is 9.71. The van der Waals surface area contributed by atoms with E-state index in [0.717, 1.165) is 0 Å². The summed E-state index contributed by atoms with van der Waals surface area (Å²) in [5, 5.41) is 11.0. The first-order valence-corrected chi connectivity index (χ1v) is 4.33. The van der Waals surface area contributed by atoms with Gasteiger partial charge in [-0.2, -0.15) is 0 Å². The molecule has 1 rings (SSSR count). The van der Waals surface area contributed by atoms with Crippen molar-refractivity contribution in [2.75, 3.05) is 6.54 Å². The largest absolute Gasteiger partial charge is 0.481 e. The first-order chi connectivity index (χ1) is 6.70. The van der Waals surface area contributed by atoms with E-state index >= 15 is 0 Å². The van der Waals surface area contributed by atoms with Gasteiger partial charge in [0.15, 0.2) is 0 Å². The molecule has 0 fully saturated rings. The van der Waals surface area contributed by atoms with Crippen LogP contribution in [0.4, 0.5) is 0 Å². The summed E-state index contributed by atoms with van der Waals surface area (Å²) in [5.74, 6) is -1.06. The van der Waals surface area contributed by atoms with Gasteiger partial charge in [-0.25, -0.2) is 0 Å². The zero-order valence-electron chi connectivity index (χ0n) is 7.62. The molecule has 0 saturated heterocycles. The maximum Gasteiger partial charge on any atom is 0.303 e. The molecule has 5 heteroatoms. The second-order valence-electron chi connectivity index (χ2n) is 2.84. The average Bonchev–Trinajstić information content (AvgIpc) is 2.64. The molecule has 0 spiro atoms. The molecule has 1 aromatic heterocycles. The molecule has 0 radical (unpaired) electrons. The van der Waals surface area contributed by atoms with E-state index in [4.69, 9.17) is 5.11 Å². The fourth-order valence-electron chi connectivity index (χ4n) is 1.01. The molecule has 5 nitrogen and oxygen atoms in total. The van der Waals surface area contributed by atoms with Crippen LogP contribution in [-0.2, 0) is 4.79 Å². The Morgan fingerprint density at radius 2 is 2.29 bits per heavy atom. The molecule has 1 amide bonds. The lowest BCUT2D eigenvalue weighted by Gasteiger charge is -2.01. The molecule has 14 heavy (non-hydrogen) atoms. The van der Waals surface area contributed by atoms with E-state index in [2.05, 4.69) is 10.3 Å². The van der Waals surface area contributed by atoms with Gasteiger partial charge >= 0.3 is 5.97 Å². The fourth-order valence-corrected chi connectivity index (χ4v) is 1.01. The van der Waals surface area contributed by atoms with Crippen molar-refractivity contribution in [2.45, 2.75) is 12.8 Å². The Balaban J connectivity index is 2.19. The number of H-pyrrole nitrogens is 1. The maximum absolute atomic E-state index is 11.3. The lowest BCUT2D eigenvalue weighted by Crippen LogP contribution is -2.25. The number of carbonyl (C=O) groups excluding carboxylic acids is 1. The van der Waals surface area contributed by atoms with Gasteiger partial charge in [-0.1, -0.05) is 0 Å². The quantitative estimate of drug-likeness (QED) is 0.603. The predicted molar refractivity (Wildman–Crippen MR) is 50.0 cm³/mol. The van der Waals surface area contributed by atoms with Crippen LogP contribution in [0.25, 0.3) is 0 Å². The number of carboxylic acids is 1. The molecule has 1 heterocycles. The highest BCUT2D eigenvalue weighted by Gasteiger charge is 2.04. The van der Waals surface area contributed by atoms with Gasteiger partial charge in [0.1, 0.15) is 5.69 Å². The van der Waals surface area contributed by atoms with Crippen molar-refractivity contribution in [1.29, 1.82) is 0 Å². The number of nitrogens with one attached hydrogen (secondary N) is 2. The SMILES string of the molecule is O=C(O)CCCNC(=O)c1ccc[nH]1. The highest BCUT2D eigenvalue weighted by atomic mass is 16.4. The average molecular weight is 196 g/mol. The standard InChI is InChI=1S/C9H12N2O3/c12-8(13)4-2-6-11-9(14)7-3-1-5-10-7/h1,3,5,10H,2,4,6H2,(H,11,14)(H,12,13). The van der Waals surface area contributed by atoms with Crippen molar-refractivity contribution >= 4 is 11.9 Å². The van der Waals surface area contributed by atoms with E-state index in [-0.39, 0.29) is 12.3 Å². The van der Waals surface area contributed by atoms with Gasteiger partial charge in [-0.15, -0.1) is 0 Å². The van der Waals surface area contributed by atoms with Crippen molar-refractivity contribution in [3.05, 3.63) is 24.0 Å². The van der Waals surface area contributed by atoms with Crippen molar-refractivity contribution in [1.82, 2.24) is 10.3 Å². The topological polar surface area (TPSA) is 82.2 Å². The molecule has 0 atom stereocenters. The maximum atomic E-state index is 11.3. The smallest absolute Gasteiger partial charge is 0.303 e. The van der Waals surface area contributed by atoms with E-state index in [9.17, 15) is 9.59 Å². The highest BCUT2D eigenvalue weighted by Crippen LogP contribution is 1.94. The molecule has 76 valence electrons. The summed E-state index contributed by atoms with van der Waals surface area (Å²) < 4.78 is 0. The lowest BCUT2D eigenvalue weighted by atomic mass is 10.3. The monoisotopic (exact) mass is 196 g/mol. The van der Waals surface area contributed by atoms with Gasteiger partial charge in [-0.05, 0) is 18.6 Å². The summed E-state index contributed by atoms with van der Waals surface area (Å²) in [6.07, 6.45) is 2.18. The summed E-state index contributed by atoms with van der Waals surface area (Å²) in [4.78, 5) is 24.2. The summed E-state index contributed by atoms with van der Waals surface area (Å²) in [5.41, 5.74) is 0.486. The Hall–Kier alpha value is -1.78. The van der Waals surface area contributed by atoms with Gasteiger partial charge in [0.05, 0.1) is 0 Å². The van der Waals surface area contributed by atoms with Crippen molar-refractivity contribution < 1.29 is 14.7 Å². The number of amides is 1. The minimum atomic E-state index is -0.848. The van der Waals surface area contributed by atoms with Gasteiger partial charge < -0.3 is 15.4 Å². The molecule has 3 N–H and O–H groups in total. The lowest BCUT2D eigenvalue weighted by molar-refractivity contribution is -0.137. The number of aliphatic carboxylic acids is 1. The Morgan fingerprint density at radius 1 is 1.50 bits per heavy atom. The third kappa shape index (κ3) is 3.30. The minimum Gasteiger partial charge on any atom is -0.481 e. The van der Waals surface area contributed by atoms with Crippen LogP contribution in [0, 0.1) is 0 Å². The number of hydrogen-bond donors (Lipinski definition) is 3. The first-order valence-electron chi connectivity index (χ1n) is 4.33. The molecule has 0 bridgehead atoms. The Bertz CT molecular complexity index is 306. The number of aromatic amines is 1. The molecule has 0 aliphatic heterocycles. The van der Waals surface area contributed by atoms with Crippen LogP contribution in [-0.4, -0.2) is 28.5 Å². The van der Waals surface area contributed by atoms with Gasteiger partial charge in [0.25, 0.3) is 5.91 Å². The van der Waals surface area contributed by atoms with Crippen molar-refractivity contribution in [3.63, 3.8) is 0 Å². The summed E-state index contributed by atoms with van der Waals surface area (Å²) in [6.45, 7) is 0.379. The van der Waals surface area contributed by atoms with Crippen LogP contribution in [0.3, 0.4) is 0 Å². The Kier molecular flexibility index (Phi) is 3.72. The second-order valence-corrected chi connectivity index (χ2v) is 2.84. The molecule has 0 aliphatic rings. The molecule has 0 aliphatic carbocycles. The van der Waals surface area contributed by atoms with E-state index in [0.29, 0.717) is 18.7 Å². The Labute approximate surface area is 81.1 Å². The molecule has 0 aromatic carbocycles. The van der Waals surface area contributed by atoms with Crippen molar-refractivity contribution in [2.24, 2.45) is 0 Å². The highest BCUT2D eigenvalue weighted by molar-refractivity contribution is 5.92. The summed E-state index contributed by atoms with van der Waals surface area (Å²) in [7, 11) is 0. The van der Waals surface area contributed by atoms with Crippen LogP contribution in [0.1, 0.15) is 23.3 Å². The minimum absolute atomic E-state index is 0.0744. The van der Waals surface area contributed by atoms with E-state index < -0.39 is 5.97 Å². The Morgan fingerprint density at radius 3 is 2.86 bits per heavy atom. The molecular formula is C9H12N2O3. The third-order valence-electron chi connectivity index (χ3n) is 1.70. The third-order valence-corrected chi connectivity index (χ3v) is 1.70. The number of carbonyl (C=O) groups is 2. The van der Waals surface area contributed by atoms with Crippen molar-refractivity contribution in [3.8, 4) is 0 Å². The first kappa shape index (κ1) is 10.3.